The summed E-state index contributed by atoms with van der Waals surface area (Å²) in [6, 6.07) is 19.3. The van der Waals surface area contributed by atoms with Gasteiger partial charge in [-0.1, -0.05) is 75.4 Å². The van der Waals surface area contributed by atoms with Gasteiger partial charge in [-0.25, -0.2) is 5.43 Å². The van der Waals surface area contributed by atoms with E-state index in [2.05, 4.69) is 59.4 Å². The number of hydrazine groups is 1. The fourth-order valence-corrected chi connectivity index (χ4v) is 4.41. The summed E-state index contributed by atoms with van der Waals surface area (Å²) in [4.78, 5) is 14.9. The monoisotopic (exact) mass is 392 g/mol. The smallest absolute Gasteiger partial charge is 0.240 e. The number of benzene rings is 2. The van der Waals surface area contributed by atoms with Crippen LogP contribution in [0, 0.1) is 11.3 Å². The number of fused-ring (bicyclic) bond motifs is 1. The number of amides is 1. The Bertz CT molecular complexity index is 843. The van der Waals surface area contributed by atoms with E-state index >= 15 is 0 Å². The van der Waals surface area contributed by atoms with E-state index in [1.54, 1.807) is 0 Å². The molecular weight excluding hydrogens is 360 g/mol. The Morgan fingerprint density at radius 2 is 1.69 bits per heavy atom. The third-order valence-electron chi connectivity index (χ3n) is 6.40. The van der Waals surface area contributed by atoms with Crippen LogP contribution in [0.4, 0.5) is 0 Å². The summed E-state index contributed by atoms with van der Waals surface area (Å²) in [7, 11) is 0. The van der Waals surface area contributed by atoms with Crippen LogP contribution in [0.5, 0.6) is 0 Å². The Hall–Kier alpha value is -2.21. The second-order valence-electron chi connectivity index (χ2n) is 9.44. The molecule has 0 aromatic heterocycles. The topological polar surface area (TPSA) is 70.4 Å². The Balaban J connectivity index is 1.49. The number of carbonyl (C=O) groups is 1. The van der Waals surface area contributed by atoms with E-state index in [0.29, 0.717) is 12.0 Å². The zero-order chi connectivity index (χ0) is 20.6. The zero-order valence-corrected chi connectivity index (χ0v) is 17.6. The van der Waals surface area contributed by atoms with Crippen LogP contribution < -0.4 is 16.6 Å². The lowest BCUT2D eigenvalue weighted by Crippen LogP contribution is -2.55. The van der Waals surface area contributed by atoms with Crippen molar-refractivity contribution < 1.29 is 4.79 Å². The predicted molar refractivity (Wildman–Crippen MR) is 117 cm³/mol. The molecule has 2 aromatic rings. The Morgan fingerprint density at radius 3 is 2.34 bits per heavy atom. The molecular formula is C24H32N4O. The van der Waals surface area contributed by atoms with Crippen LogP contribution in [0.1, 0.15) is 38.8 Å². The van der Waals surface area contributed by atoms with Gasteiger partial charge in [-0.3, -0.25) is 10.2 Å². The van der Waals surface area contributed by atoms with Crippen molar-refractivity contribution in [1.82, 2.24) is 15.8 Å². The molecule has 0 saturated carbocycles. The molecule has 3 unspecified atom stereocenters. The van der Waals surface area contributed by atoms with Crippen molar-refractivity contribution in [3.8, 4) is 11.1 Å². The minimum Gasteiger partial charge on any atom is -0.341 e. The molecule has 4 N–H and O–H groups in total. The second-order valence-corrected chi connectivity index (χ2v) is 9.44. The number of nitrogens with two attached hydrogens (primary N) is 1. The van der Waals surface area contributed by atoms with Crippen LogP contribution in [0.25, 0.3) is 11.1 Å². The molecule has 2 aliphatic heterocycles. The highest BCUT2D eigenvalue weighted by Gasteiger charge is 2.43. The molecule has 2 aliphatic rings. The van der Waals surface area contributed by atoms with E-state index in [9.17, 15) is 4.79 Å². The number of piperidine rings is 1. The quantitative estimate of drug-likeness (QED) is 0.751. The minimum atomic E-state index is -0.468. The van der Waals surface area contributed by atoms with E-state index in [4.69, 9.17) is 5.73 Å². The molecule has 1 amide bonds. The van der Waals surface area contributed by atoms with E-state index in [-0.39, 0.29) is 17.4 Å². The lowest BCUT2D eigenvalue weighted by atomic mass is 9.82. The molecule has 0 bridgehead atoms. The summed E-state index contributed by atoms with van der Waals surface area (Å²) in [5.74, 6) is 0.406. The summed E-state index contributed by atoms with van der Waals surface area (Å²) in [6.45, 7) is 7.57. The van der Waals surface area contributed by atoms with Crippen molar-refractivity contribution in [2.24, 2.45) is 17.1 Å². The van der Waals surface area contributed by atoms with E-state index in [1.165, 1.54) is 16.7 Å². The fraction of sp³-hybridized carbons (Fsp3) is 0.458. The first-order valence-corrected chi connectivity index (χ1v) is 10.6. The normalized spacial score (nSPS) is 25.5. The first kappa shape index (κ1) is 20.1. The van der Waals surface area contributed by atoms with Crippen molar-refractivity contribution in [3.05, 3.63) is 60.2 Å². The van der Waals surface area contributed by atoms with Crippen molar-refractivity contribution in [1.29, 1.82) is 0 Å². The zero-order valence-electron chi connectivity index (χ0n) is 17.6. The van der Waals surface area contributed by atoms with Gasteiger partial charge in [-0.2, -0.15) is 0 Å². The molecule has 5 heteroatoms. The minimum absolute atomic E-state index is 0.0704. The summed E-state index contributed by atoms with van der Waals surface area (Å²) < 4.78 is 0. The third-order valence-corrected chi connectivity index (χ3v) is 6.40. The summed E-state index contributed by atoms with van der Waals surface area (Å²) in [5, 5.41) is 0. The van der Waals surface area contributed by atoms with E-state index in [0.717, 1.165) is 19.5 Å². The summed E-state index contributed by atoms with van der Waals surface area (Å²) in [5.41, 5.74) is 16.6. The molecule has 0 radical (unpaired) electrons. The van der Waals surface area contributed by atoms with Crippen molar-refractivity contribution in [2.45, 2.75) is 45.3 Å². The van der Waals surface area contributed by atoms with Crippen molar-refractivity contribution >= 4 is 5.91 Å². The molecule has 4 atom stereocenters. The number of carbonyl (C=O) groups excluding carboxylic acids is 1. The molecule has 2 fully saturated rings. The molecule has 2 aromatic carbocycles. The van der Waals surface area contributed by atoms with Crippen LogP contribution in [-0.4, -0.2) is 36.0 Å². The molecule has 2 saturated heterocycles. The SMILES string of the molecule is CC(C)(C)[C@H](N)C(=O)N1CCC2NNC(c3ccc(-c4ccccc4)cc3)C2C1. The van der Waals surface area contributed by atoms with Gasteiger partial charge in [0.25, 0.3) is 0 Å². The number of rotatable bonds is 3. The van der Waals surface area contributed by atoms with Gasteiger partial charge in [0.15, 0.2) is 0 Å². The van der Waals surface area contributed by atoms with Crippen LogP contribution in [-0.2, 0) is 4.79 Å². The van der Waals surface area contributed by atoms with Gasteiger partial charge in [-0.05, 0) is 28.5 Å². The number of likely N-dealkylation sites (tertiary alicyclic amines) is 1. The fourth-order valence-electron chi connectivity index (χ4n) is 4.41. The number of nitrogens with one attached hydrogen (secondary N) is 2. The molecule has 0 spiro atoms. The van der Waals surface area contributed by atoms with Crippen LogP contribution >= 0.6 is 0 Å². The van der Waals surface area contributed by atoms with Gasteiger partial charge in [0, 0.05) is 25.0 Å². The maximum absolute atomic E-state index is 12.9. The number of hydrogen-bond donors (Lipinski definition) is 3. The van der Waals surface area contributed by atoms with Gasteiger partial charge in [0.05, 0.1) is 12.1 Å². The average Bonchev–Trinajstić information content (AvgIpc) is 3.16. The molecule has 0 aliphatic carbocycles. The van der Waals surface area contributed by atoms with Gasteiger partial charge < -0.3 is 10.6 Å². The van der Waals surface area contributed by atoms with Crippen molar-refractivity contribution in [2.75, 3.05) is 13.1 Å². The molecule has 4 rings (SSSR count). The summed E-state index contributed by atoms with van der Waals surface area (Å²) in [6.07, 6.45) is 0.943. The Kier molecular flexibility index (Phi) is 5.47. The maximum Gasteiger partial charge on any atom is 0.240 e. The maximum atomic E-state index is 12.9. The highest BCUT2D eigenvalue weighted by atomic mass is 16.2. The van der Waals surface area contributed by atoms with Crippen molar-refractivity contribution in [3.63, 3.8) is 0 Å². The van der Waals surface area contributed by atoms with Gasteiger partial charge in [0.2, 0.25) is 5.91 Å². The molecule has 29 heavy (non-hydrogen) atoms. The third kappa shape index (κ3) is 4.08. The highest BCUT2D eigenvalue weighted by Crippen LogP contribution is 2.35. The number of hydrogen-bond acceptors (Lipinski definition) is 4. The highest BCUT2D eigenvalue weighted by molar-refractivity contribution is 5.82. The lowest BCUT2D eigenvalue weighted by Gasteiger charge is -2.39. The van der Waals surface area contributed by atoms with Gasteiger partial charge >= 0.3 is 0 Å². The largest absolute Gasteiger partial charge is 0.341 e. The molecule has 2 heterocycles. The van der Waals surface area contributed by atoms with Crippen LogP contribution in [0.3, 0.4) is 0 Å². The lowest BCUT2D eigenvalue weighted by molar-refractivity contribution is -0.137. The molecule has 5 nitrogen and oxygen atoms in total. The first-order valence-electron chi connectivity index (χ1n) is 10.6. The van der Waals surface area contributed by atoms with Gasteiger partial charge in [-0.15, -0.1) is 0 Å². The summed E-state index contributed by atoms with van der Waals surface area (Å²) >= 11 is 0. The second kappa shape index (κ2) is 7.90. The number of nitrogens with zero attached hydrogens (tertiary/aromatic N) is 1. The standard InChI is InChI=1S/C24H32N4O/c1-24(2,3)22(25)23(29)28-14-13-20-19(15-28)21(27-26-20)18-11-9-17(10-12-18)16-7-5-4-6-8-16/h4-12,19-22,26-27H,13-15,25H2,1-3H3/t19?,20?,21?,22-/m1/s1. The average molecular weight is 393 g/mol. The Labute approximate surface area is 173 Å². The molecule has 154 valence electrons. The van der Waals surface area contributed by atoms with Crippen LogP contribution in [0.15, 0.2) is 54.6 Å². The van der Waals surface area contributed by atoms with Crippen LogP contribution in [0.2, 0.25) is 0 Å². The van der Waals surface area contributed by atoms with E-state index < -0.39 is 6.04 Å². The van der Waals surface area contributed by atoms with Gasteiger partial charge in [0.1, 0.15) is 0 Å². The first-order chi connectivity index (χ1) is 13.8. The Morgan fingerprint density at radius 1 is 1.03 bits per heavy atom. The van der Waals surface area contributed by atoms with E-state index in [1.807, 2.05) is 31.7 Å². The predicted octanol–water partition coefficient (Wildman–Crippen LogP) is 3.09.